The van der Waals surface area contributed by atoms with Crippen molar-refractivity contribution in [2.45, 2.75) is 59.4 Å². The highest BCUT2D eigenvalue weighted by Crippen LogP contribution is 2.45. The normalized spacial score (nSPS) is 25.1. The van der Waals surface area contributed by atoms with Crippen LogP contribution in [0.25, 0.3) is 0 Å². The Morgan fingerprint density at radius 3 is 2.62 bits per heavy atom. The molecule has 0 N–H and O–H groups in total. The minimum atomic E-state index is 0.205. The van der Waals surface area contributed by atoms with Crippen molar-refractivity contribution in [3.8, 4) is 0 Å². The van der Waals surface area contributed by atoms with E-state index in [1.54, 1.807) is 6.92 Å². The molecule has 0 saturated heterocycles. The minimum Gasteiger partial charge on any atom is -0.309 e. The summed E-state index contributed by atoms with van der Waals surface area (Å²) in [5.74, 6) is 2.18. The van der Waals surface area contributed by atoms with E-state index >= 15 is 0 Å². The van der Waals surface area contributed by atoms with Gasteiger partial charge in [0.1, 0.15) is 0 Å². The molecule has 2 nitrogen and oxygen atoms in total. The highest BCUT2D eigenvalue weighted by molar-refractivity contribution is 5.93. The quantitative estimate of drug-likeness (QED) is 0.814. The van der Waals surface area contributed by atoms with Gasteiger partial charge in [-0.1, -0.05) is 32.9 Å². The van der Waals surface area contributed by atoms with Crippen molar-refractivity contribution in [2.75, 3.05) is 4.90 Å². The van der Waals surface area contributed by atoms with Crippen LogP contribution in [0.4, 0.5) is 5.69 Å². The highest BCUT2D eigenvalue weighted by atomic mass is 16.2. The third-order valence-electron chi connectivity index (χ3n) is 4.91. The Morgan fingerprint density at radius 1 is 1.33 bits per heavy atom. The lowest BCUT2D eigenvalue weighted by atomic mass is 9.83. The zero-order valence-electron chi connectivity index (χ0n) is 13.7. The summed E-state index contributed by atoms with van der Waals surface area (Å²) in [5.41, 5.74) is 3.95. The van der Waals surface area contributed by atoms with Gasteiger partial charge in [-0.25, -0.2) is 0 Å². The van der Waals surface area contributed by atoms with Gasteiger partial charge >= 0.3 is 0 Å². The molecular weight excluding hydrogens is 258 g/mol. The van der Waals surface area contributed by atoms with Crippen molar-refractivity contribution < 1.29 is 4.79 Å². The van der Waals surface area contributed by atoms with Crippen LogP contribution in [-0.4, -0.2) is 11.9 Å². The summed E-state index contributed by atoms with van der Waals surface area (Å²) in [4.78, 5) is 14.3. The van der Waals surface area contributed by atoms with Crippen LogP contribution >= 0.6 is 0 Å². The molecule has 0 aromatic heterocycles. The maximum Gasteiger partial charge on any atom is 0.224 e. The average molecular weight is 285 g/mol. The average Bonchev–Trinajstić information content (AvgIpc) is 3.20. The molecule has 1 aromatic carbocycles. The lowest BCUT2D eigenvalue weighted by molar-refractivity contribution is -0.117. The van der Waals surface area contributed by atoms with Crippen LogP contribution in [0.1, 0.15) is 51.7 Å². The van der Waals surface area contributed by atoms with Gasteiger partial charge in [0.15, 0.2) is 0 Å². The standard InChI is InChI=1S/C19H27NO/c1-12(2)9-15-5-8-18-17(11-15)10-13(3)19(16-6-7-16)20(18)14(4)21/h5,8,11-13,16,19H,6-7,9-10H2,1-4H3/t13?,19-/m1/s1. The van der Waals surface area contributed by atoms with E-state index in [1.165, 1.54) is 29.7 Å². The van der Waals surface area contributed by atoms with Crippen molar-refractivity contribution >= 4 is 11.6 Å². The molecule has 2 aliphatic rings. The fourth-order valence-corrected chi connectivity index (χ4v) is 4.01. The smallest absolute Gasteiger partial charge is 0.224 e. The van der Waals surface area contributed by atoms with Crippen LogP contribution in [0, 0.1) is 17.8 Å². The Hall–Kier alpha value is -1.31. The molecule has 2 atom stereocenters. The Morgan fingerprint density at radius 2 is 2.05 bits per heavy atom. The van der Waals surface area contributed by atoms with Crippen LogP contribution in [0.3, 0.4) is 0 Å². The fraction of sp³-hybridized carbons (Fsp3) is 0.632. The van der Waals surface area contributed by atoms with Crippen LogP contribution in [0.2, 0.25) is 0 Å². The van der Waals surface area contributed by atoms with Crippen LogP contribution in [0.15, 0.2) is 18.2 Å². The number of carbonyl (C=O) groups is 1. The molecule has 1 aromatic rings. The number of hydrogen-bond donors (Lipinski definition) is 0. The molecule has 0 bridgehead atoms. The second-order valence-corrected chi connectivity index (χ2v) is 7.46. The van der Waals surface area contributed by atoms with E-state index in [0.717, 1.165) is 18.8 Å². The highest BCUT2D eigenvalue weighted by Gasteiger charge is 2.43. The zero-order valence-corrected chi connectivity index (χ0v) is 13.7. The molecule has 114 valence electrons. The predicted octanol–water partition coefficient (Wildman–Crippen LogP) is 4.21. The number of anilines is 1. The minimum absolute atomic E-state index is 0.205. The SMILES string of the molecule is CC(=O)N1c2ccc(CC(C)C)cc2CC(C)[C@@H]1C1CC1. The molecule has 1 fully saturated rings. The molecule has 2 heteroatoms. The van der Waals surface area contributed by atoms with Gasteiger partial charge in [-0.15, -0.1) is 0 Å². The Labute approximate surface area is 128 Å². The summed E-state index contributed by atoms with van der Waals surface area (Å²) >= 11 is 0. The Bertz CT molecular complexity index is 544. The number of rotatable bonds is 3. The number of carbonyl (C=O) groups excluding carboxylic acids is 1. The monoisotopic (exact) mass is 285 g/mol. The maximum absolute atomic E-state index is 12.2. The summed E-state index contributed by atoms with van der Waals surface area (Å²) in [6.45, 7) is 8.55. The zero-order chi connectivity index (χ0) is 15.1. The van der Waals surface area contributed by atoms with Crippen molar-refractivity contribution in [3.05, 3.63) is 29.3 Å². The summed E-state index contributed by atoms with van der Waals surface area (Å²) < 4.78 is 0. The Balaban J connectivity index is 1.97. The Kier molecular flexibility index (Phi) is 3.81. The van der Waals surface area contributed by atoms with E-state index in [0.29, 0.717) is 17.9 Å². The summed E-state index contributed by atoms with van der Waals surface area (Å²) in [7, 11) is 0. The number of hydrogen-bond acceptors (Lipinski definition) is 1. The van der Waals surface area contributed by atoms with Crippen molar-refractivity contribution in [1.29, 1.82) is 0 Å². The van der Waals surface area contributed by atoms with Crippen molar-refractivity contribution in [1.82, 2.24) is 0 Å². The van der Waals surface area contributed by atoms with E-state index in [4.69, 9.17) is 0 Å². The molecule has 1 amide bonds. The molecule has 0 spiro atoms. The van der Waals surface area contributed by atoms with Crippen LogP contribution in [-0.2, 0) is 17.6 Å². The lowest BCUT2D eigenvalue weighted by Crippen LogP contribution is -2.48. The van der Waals surface area contributed by atoms with Gasteiger partial charge < -0.3 is 4.90 Å². The first-order valence-corrected chi connectivity index (χ1v) is 8.39. The molecule has 1 aliphatic carbocycles. The van der Waals surface area contributed by atoms with Gasteiger partial charge in [0, 0.05) is 18.7 Å². The lowest BCUT2D eigenvalue weighted by Gasteiger charge is -2.41. The number of benzene rings is 1. The molecule has 1 heterocycles. The fourth-order valence-electron chi connectivity index (χ4n) is 4.01. The van der Waals surface area contributed by atoms with Gasteiger partial charge in [-0.05, 0) is 60.6 Å². The van der Waals surface area contributed by atoms with Gasteiger partial charge in [-0.2, -0.15) is 0 Å². The molecule has 3 rings (SSSR count). The molecule has 0 radical (unpaired) electrons. The molecule has 1 saturated carbocycles. The number of fused-ring (bicyclic) bond motifs is 1. The third-order valence-corrected chi connectivity index (χ3v) is 4.91. The van der Waals surface area contributed by atoms with Crippen molar-refractivity contribution in [2.24, 2.45) is 17.8 Å². The second kappa shape index (κ2) is 5.47. The maximum atomic E-state index is 12.2. The third kappa shape index (κ3) is 2.86. The van der Waals surface area contributed by atoms with Crippen LogP contribution < -0.4 is 4.90 Å². The van der Waals surface area contributed by atoms with E-state index < -0.39 is 0 Å². The van der Waals surface area contributed by atoms with E-state index in [-0.39, 0.29) is 5.91 Å². The molecule has 21 heavy (non-hydrogen) atoms. The summed E-state index contributed by atoms with van der Waals surface area (Å²) in [5, 5.41) is 0. The van der Waals surface area contributed by atoms with Gasteiger partial charge in [-0.3, -0.25) is 4.79 Å². The summed E-state index contributed by atoms with van der Waals surface area (Å²) in [6, 6.07) is 7.17. The van der Waals surface area contributed by atoms with Gasteiger partial charge in [0.25, 0.3) is 0 Å². The first-order chi connectivity index (χ1) is 9.97. The van der Waals surface area contributed by atoms with Crippen molar-refractivity contribution in [3.63, 3.8) is 0 Å². The van der Waals surface area contributed by atoms with E-state index in [9.17, 15) is 4.79 Å². The molecule has 1 aliphatic heterocycles. The number of nitrogens with zero attached hydrogens (tertiary/aromatic N) is 1. The molecular formula is C19H27NO. The van der Waals surface area contributed by atoms with Gasteiger partial charge in [0.2, 0.25) is 5.91 Å². The molecule has 1 unspecified atom stereocenters. The van der Waals surface area contributed by atoms with E-state index in [1.807, 2.05) is 0 Å². The largest absolute Gasteiger partial charge is 0.309 e. The van der Waals surface area contributed by atoms with Crippen LogP contribution in [0.5, 0.6) is 0 Å². The first-order valence-electron chi connectivity index (χ1n) is 8.39. The summed E-state index contributed by atoms with van der Waals surface area (Å²) in [6.07, 6.45) is 4.82. The number of amides is 1. The first kappa shape index (κ1) is 14.6. The predicted molar refractivity (Wildman–Crippen MR) is 87.5 cm³/mol. The van der Waals surface area contributed by atoms with E-state index in [2.05, 4.69) is 43.9 Å². The topological polar surface area (TPSA) is 20.3 Å². The second-order valence-electron chi connectivity index (χ2n) is 7.46. The van der Waals surface area contributed by atoms with Gasteiger partial charge in [0.05, 0.1) is 0 Å².